The van der Waals surface area contributed by atoms with Gasteiger partial charge in [-0.2, -0.15) is 0 Å². The first-order chi connectivity index (χ1) is 8.97. The van der Waals surface area contributed by atoms with Crippen LogP contribution < -0.4 is 16.2 Å². The number of hydrogen-bond acceptors (Lipinski definition) is 4. The van der Waals surface area contributed by atoms with E-state index in [1.165, 1.54) is 6.07 Å². The molecule has 2 heterocycles. The molecule has 0 bridgehead atoms. The van der Waals surface area contributed by atoms with Crippen molar-refractivity contribution in [3.05, 3.63) is 33.7 Å². The number of aromatic amines is 1. The fraction of sp³-hybridized carbons (Fsp3) is 0.333. The van der Waals surface area contributed by atoms with Crippen LogP contribution in [0.25, 0.3) is 0 Å². The summed E-state index contributed by atoms with van der Waals surface area (Å²) in [4.78, 5) is 48.4. The number of carbonyl (C=O) groups excluding carboxylic acids is 3. The Kier molecular flexibility index (Phi) is 3.46. The van der Waals surface area contributed by atoms with Gasteiger partial charge in [0.2, 0.25) is 11.8 Å². The van der Waals surface area contributed by atoms with Gasteiger partial charge in [-0.3, -0.25) is 24.5 Å². The average Bonchev–Trinajstić information content (AvgIpc) is 2.32. The molecule has 2 rings (SSSR count). The van der Waals surface area contributed by atoms with Gasteiger partial charge in [-0.25, -0.2) is 0 Å². The lowest BCUT2D eigenvalue weighted by Crippen LogP contribution is -2.52. The van der Waals surface area contributed by atoms with Crippen LogP contribution in [0.3, 0.4) is 0 Å². The first kappa shape index (κ1) is 13.0. The maximum Gasteiger partial charge on any atom is 0.260 e. The number of H-pyrrole nitrogens is 1. The fourth-order valence-electron chi connectivity index (χ4n) is 1.82. The lowest BCUT2D eigenvalue weighted by molar-refractivity contribution is -0.134. The molecule has 3 amide bonds. The number of hydrogen-bond donors (Lipinski definition) is 3. The number of imide groups is 1. The minimum absolute atomic E-state index is 0.0599. The lowest BCUT2D eigenvalue weighted by Gasteiger charge is -2.21. The number of aryl methyl sites for hydroxylation is 1. The van der Waals surface area contributed by atoms with Crippen LogP contribution in [0.2, 0.25) is 0 Å². The molecule has 0 spiro atoms. The second-order valence-corrected chi connectivity index (χ2v) is 4.36. The van der Waals surface area contributed by atoms with Crippen LogP contribution in [0.15, 0.2) is 16.9 Å². The van der Waals surface area contributed by atoms with Gasteiger partial charge in [0.05, 0.1) is 0 Å². The lowest BCUT2D eigenvalue weighted by atomic mass is 10.1. The number of aromatic nitrogens is 1. The Morgan fingerprint density at radius 3 is 2.68 bits per heavy atom. The molecule has 1 unspecified atom stereocenters. The van der Waals surface area contributed by atoms with Gasteiger partial charge in [-0.15, -0.1) is 0 Å². The molecule has 7 heteroatoms. The van der Waals surface area contributed by atoms with E-state index in [2.05, 4.69) is 15.6 Å². The van der Waals surface area contributed by atoms with Gasteiger partial charge in [0.1, 0.15) is 11.6 Å². The number of amides is 3. The highest BCUT2D eigenvalue weighted by atomic mass is 16.2. The summed E-state index contributed by atoms with van der Waals surface area (Å²) in [5.41, 5.74) is 0.0719. The molecular formula is C12H13N3O4. The molecule has 0 saturated carbocycles. The molecule has 7 nitrogen and oxygen atoms in total. The smallest absolute Gasteiger partial charge is 0.260 e. The van der Waals surface area contributed by atoms with Gasteiger partial charge < -0.3 is 10.3 Å². The summed E-state index contributed by atoms with van der Waals surface area (Å²) in [6, 6.07) is 2.21. The first-order valence-electron chi connectivity index (χ1n) is 5.82. The van der Waals surface area contributed by atoms with Gasteiger partial charge >= 0.3 is 0 Å². The highest BCUT2D eigenvalue weighted by Gasteiger charge is 2.28. The molecule has 1 atom stereocenters. The van der Waals surface area contributed by atoms with Crippen LogP contribution in [0, 0.1) is 6.92 Å². The van der Waals surface area contributed by atoms with Crippen molar-refractivity contribution in [1.29, 1.82) is 0 Å². The first-order valence-corrected chi connectivity index (χ1v) is 5.82. The zero-order chi connectivity index (χ0) is 14.0. The molecule has 1 fully saturated rings. The molecule has 0 aromatic carbocycles. The molecule has 0 aliphatic carbocycles. The summed E-state index contributed by atoms with van der Waals surface area (Å²) < 4.78 is 0. The van der Waals surface area contributed by atoms with Gasteiger partial charge in [0, 0.05) is 12.1 Å². The zero-order valence-corrected chi connectivity index (χ0v) is 10.3. The van der Waals surface area contributed by atoms with E-state index < -0.39 is 23.4 Å². The number of pyridine rings is 1. The summed E-state index contributed by atoms with van der Waals surface area (Å²) in [6.45, 7) is 1.70. The molecule has 1 aromatic heterocycles. The van der Waals surface area contributed by atoms with Gasteiger partial charge in [-0.1, -0.05) is 0 Å². The predicted molar refractivity (Wildman–Crippen MR) is 65.4 cm³/mol. The maximum atomic E-state index is 11.9. The molecule has 1 aromatic rings. The third-order valence-corrected chi connectivity index (χ3v) is 2.84. The van der Waals surface area contributed by atoms with Crippen molar-refractivity contribution in [2.75, 3.05) is 0 Å². The Morgan fingerprint density at radius 1 is 1.32 bits per heavy atom. The Bertz CT molecular complexity index is 605. The topological polar surface area (TPSA) is 108 Å². The number of carbonyl (C=O) groups is 3. The van der Waals surface area contributed by atoms with Crippen molar-refractivity contribution in [1.82, 2.24) is 15.6 Å². The third kappa shape index (κ3) is 2.87. The van der Waals surface area contributed by atoms with Crippen LogP contribution in [-0.4, -0.2) is 28.7 Å². The molecule has 1 aliphatic rings. The summed E-state index contributed by atoms with van der Waals surface area (Å²) in [5, 5.41) is 4.57. The Hall–Kier alpha value is -2.44. The maximum absolute atomic E-state index is 11.9. The van der Waals surface area contributed by atoms with Crippen molar-refractivity contribution in [2.24, 2.45) is 0 Å². The van der Waals surface area contributed by atoms with E-state index in [0.717, 1.165) is 0 Å². The summed E-state index contributed by atoms with van der Waals surface area (Å²) in [5.74, 6) is -1.53. The summed E-state index contributed by atoms with van der Waals surface area (Å²) >= 11 is 0. The van der Waals surface area contributed by atoms with Crippen LogP contribution in [0.4, 0.5) is 0 Å². The van der Waals surface area contributed by atoms with Crippen molar-refractivity contribution >= 4 is 17.7 Å². The van der Waals surface area contributed by atoms with E-state index in [4.69, 9.17) is 0 Å². The van der Waals surface area contributed by atoms with Crippen molar-refractivity contribution in [3.8, 4) is 0 Å². The number of piperidine rings is 1. The van der Waals surface area contributed by atoms with Crippen molar-refractivity contribution in [2.45, 2.75) is 25.8 Å². The minimum Gasteiger partial charge on any atom is -0.340 e. The van der Waals surface area contributed by atoms with E-state index >= 15 is 0 Å². The fourth-order valence-corrected chi connectivity index (χ4v) is 1.82. The van der Waals surface area contributed by atoms with E-state index in [1.807, 2.05) is 0 Å². The van der Waals surface area contributed by atoms with Crippen molar-refractivity contribution in [3.63, 3.8) is 0 Å². The molecule has 1 aliphatic heterocycles. The standard InChI is InChI=1S/C12H13N3O4/c1-6-2-3-7(10(17)13-6)11(18)14-8-4-5-9(16)15-12(8)19/h2-3,8H,4-5H2,1H3,(H,13,17)(H,14,18)(H,15,16,19). The van der Waals surface area contributed by atoms with E-state index in [1.54, 1.807) is 13.0 Å². The average molecular weight is 263 g/mol. The normalized spacial score (nSPS) is 18.9. The predicted octanol–water partition coefficient (Wildman–Crippen LogP) is -0.782. The van der Waals surface area contributed by atoms with Crippen molar-refractivity contribution < 1.29 is 14.4 Å². The van der Waals surface area contributed by atoms with Gasteiger partial charge in [0.15, 0.2) is 0 Å². The summed E-state index contributed by atoms with van der Waals surface area (Å²) in [7, 11) is 0. The Morgan fingerprint density at radius 2 is 2.05 bits per heavy atom. The molecule has 100 valence electrons. The Labute approximate surface area is 108 Å². The van der Waals surface area contributed by atoms with Crippen LogP contribution >= 0.6 is 0 Å². The molecule has 1 saturated heterocycles. The molecular weight excluding hydrogens is 250 g/mol. The largest absolute Gasteiger partial charge is 0.340 e. The van der Waals surface area contributed by atoms with E-state index in [9.17, 15) is 19.2 Å². The SMILES string of the molecule is Cc1ccc(C(=O)NC2CCC(=O)NC2=O)c(=O)[nH]1. The second-order valence-electron chi connectivity index (χ2n) is 4.36. The quantitative estimate of drug-likeness (QED) is 0.608. The molecule has 0 radical (unpaired) electrons. The minimum atomic E-state index is -0.786. The highest BCUT2D eigenvalue weighted by molar-refractivity contribution is 6.03. The monoisotopic (exact) mass is 263 g/mol. The number of rotatable bonds is 2. The second kappa shape index (κ2) is 5.05. The zero-order valence-electron chi connectivity index (χ0n) is 10.3. The molecule has 19 heavy (non-hydrogen) atoms. The van der Waals surface area contributed by atoms with E-state index in [-0.39, 0.29) is 24.3 Å². The Balaban J connectivity index is 2.11. The third-order valence-electron chi connectivity index (χ3n) is 2.84. The summed E-state index contributed by atoms with van der Waals surface area (Å²) in [6.07, 6.45) is 0.404. The molecule has 3 N–H and O–H groups in total. The van der Waals surface area contributed by atoms with Gasteiger partial charge in [0.25, 0.3) is 11.5 Å². The van der Waals surface area contributed by atoms with Crippen LogP contribution in [-0.2, 0) is 9.59 Å². The number of nitrogens with one attached hydrogen (secondary N) is 3. The van der Waals surface area contributed by atoms with Crippen LogP contribution in [0.5, 0.6) is 0 Å². The van der Waals surface area contributed by atoms with E-state index in [0.29, 0.717) is 5.69 Å². The van der Waals surface area contributed by atoms with Gasteiger partial charge in [-0.05, 0) is 25.5 Å². The highest BCUT2D eigenvalue weighted by Crippen LogP contribution is 2.05. The van der Waals surface area contributed by atoms with Crippen LogP contribution in [0.1, 0.15) is 28.9 Å².